The van der Waals surface area contributed by atoms with Crippen LogP contribution in [0.5, 0.6) is 0 Å². The highest BCUT2D eigenvalue weighted by Crippen LogP contribution is 2.60. The summed E-state index contributed by atoms with van der Waals surface area (Å²) in [5, 5.41) is 0. The lowest BCUT2D eigenvalue weighted by Crippen LogP contribution is -2.48. The monoisotopic (exact) mass is 202 g/mol. The zero-order valence-electron chi connectivity index (χ0n) is 9.11. The second kappa shape index (κ2) is 2.69. The first-order valence-electron chi connectivity index (χ1n) is 6.38. The maximum absolute atomic E-state index is 5.72. The zero-order valence-corrected chi connectivity index (χ0v) is 9.11. The molecule has 5 rings (SSSR count). The van der Waals surface area contributed by atoms with Gasteiger partial charge in [0, 0.05) is 5.41 Å². The Morgan fingerprint density at radius 2 is 1.60 bits per heavy atom. The number of hydrogen-bond acceptors (Lipinski definition) is 1. The average molecular weight is 202 g/mol. The van der Waals surface area contributed by atoms with Gasteiger partial charge in [-0.1, -0.05) is 0 Å². The van der Waals surface area contributed by atoms with E-state index in [0.29, 0.717) is 5.41 Å². The third kappa shape index (κ3) is 1.10. The standard InChI is InChI=1S/C14H18O/c1-2-13(15-3-1)14-7-10-4-11(8-14)6-12(5-10)9-14/h1-3,10-12H,4-9H2. The molecule has 0 spiro atoms. The van der Waals surface area contributed by atoms with E-state index < -0.39 is 0 Å². The topological polar surface area (TPSA) is 13.1 Å². The fraction of sp³-hybridized carbons (Fsp3) is 0.714. The van der Waals surface area contributed by atoms with Crippen molar-refractivity contribution in [1.29, 1.82) is 0 Å². The van der Waals surface area contributed by atoms with Gasteiger partial charge in [-0.15, -0.1) is 0 Å². The van der Waals surface area contributed by atoms with Crippen molar-refractivity contribution in [2.75, 3.05) is 0 Å². The summed E-state index contributed by atoms with van der Waals surface area (Å²) >= 11 is 0. The van der Waals surface area contributed by atoms with E-state index in [0.717, 1.165) is 17.8 Å². The Balaban J connectivity index is 1.77. The first-order valence-corrected chi connectivity index (χ1v) is 6.38. The summed E-state index contributed by atoms with van der Waals surface area (Å²) in [5.74, 6) is 4.34. The van der Waals surface area contributed by atoms with E-state index in [9.17, 15) is 0 Å². The van der Waals surface area contributed by atoms with E-state index in [1.165, 1.54) is 44.3 Å². The normalized spacial score (nSPS) is 47.3. The quantitative estimate of drug-likeness (QED) is 0.676. The van der Waals surface area contributed by atoms with Crippen molar-refractivity contribution >= 4 is 0 Å². The van der Waals surface area contributed by atoms with Gasteiger partial charge in [-0.2, -0.15) is 0 Å². The minimum Gasteiger partial charge on any atom is -0.469 e. The Kier molecular flexibility index (Phi) is 1.51. The minimum atomic E-state index is 0.457. The zero-order chi connectivity index (χ0) is 9.88. The van der Waals surface area contributed by atoms with Crippen LogP contribution in [0.25, 0.3) is 0 Å². The van der Waals surface area contributed by atoms with Crippen molar-refractivity contribution in [3.05, 3.63) is 24.2 Å². The van der Waals surface area contributed by atoms with Crippen LogP contribution in [0.3, 0.4) is 0 Å². The molecule has 0 radical (unpaired) electrons. The van der Waals surface area contributed by atoms with Crippen LogP contribution in [0.15, 0.2) is 22.8 Å². The van der Waals surface area contributed by atoms with Crippen LogP contribution < -0.4 is 0 Å². The van der Waals surface area contributed by atoms with Gasteiger partial charge in [0.15, 0.2) is 0 Å². The van der Waals surface area contributed by atoms with Crippen molar-refractivity contribution in [3.8, 4) is 0 Å². The molecular formula is C14H18O. The SMILES string of the molecule is c1coc(C23CC4CC(CC(C4)C2)C3)c1. The molecular weight excluding hydrogens is 184 g/mol. The van der Waals surface area contributed by atoms with Crippen LogP contribution in [0.1, 0.15) is 44.3 Å². The van der Waals surface area contributed by atoms with Gasteiger partial charge in [0.1, 0.15) is 5.76 Å². The van der Waals surface area contributed by atoms with Crippen molar-refractivity contribution in [1.82, 2.24) is 0 Å². The highest BCUT2D eigenvalue weighted by Gasteiger charge is 2.52. The Bertz CT molecular complexity index is 327. The number of rotatable bonds is 1. The summed E-state index contributed by atoms with van der Waals surface area (Å²) in [6.07, 6.45) is 10.6. The minimum absolute atomic E-state index is 0.457. The van der Waals surface area contributed by atoms with Crippen LogP contribution in [0, 0.1) is 17.8 Å². The van der Waals surface area contributed by atoms with Gasteiger partial charge in [-0.3, -0.25) is 0 Å². The number of hydrogen-bond donors (Lipinski definition) is 0. The molecule has 4 aliphatic carbocycles. The second-order valence-electron chi connectivity index (χ2n) is 6.18. The molecule has 4 aliphatic rings. The Morgan fingerprint density at radius 3 is 2.07 bits per heavy atom. The Morgan fingerprint density at radius 1 is 1.00 bits per heavy atom. The molecule has 1 aromatic heterocycles. The summed E-state index contributed by atoms with van der Waals surface area (Å²) in [6, 6.07) is 4.28. The molecule has 1 heterocycles. The van der Waals surface area contributed by atoms with Gasteiger partial charge in [0.05, 0.1) is 6.26 Å². The molecule has 4 saturated carbocycles. The predicted molar refractivity (Wildman–Crippen MR) is 58.6 cm³/mol. The Labute approximate surface area is 90.9 Å². The van der Waals surface area contributed by atoms with E-state index in [-0.39, 0.29) is 0 Å². The number of furan rings is 1. The maximum Gasteiger partial charge on any atom is 0.109 e. The summed E-state index contributed by atoms with van der Waals surface area (Å²) in [4.78, 5) is 0. The van der Waals surface area contributed by atoms with Gasteiger partial charge in [0.2, 0.25) is 0 Å². The van der Waals surface area contributed by atoms with Gasteiger partial charge in [-0.25, -0.2) is 0 Å². The summed E-state index contributed by atoms with van der Waals surface area (Å²) < 4.78 is 5.72. The molecule has 0 aliphatic heterocycles. The first-order chi connectivity index (χ1) is 7.34. The lowest BCUT2D eigenvalue weighted by atomic mass is 9.49. The van der Waals surface area contributed by atoms with Crippen LogP contribution in [0.2, 0.25) is 0 Å². The van der Waals surface area contributed by atoms with E-state index in [2.05, 4.69) is 12.1 Å². The lowest BCUT2D eigenvalue weighted by Gasteiger charge is -2.55. The summed E-state index contributed by atoms with van der Waals surface area (Å²) in [5.41, 5.74) is 0.457. The fourth-order valence-electron chi connectivity index (χ4n) is 4.99. The predicted octanol–water partition coefficient (Wildman–Crippen LogP) is 3.75. The molecule has 15 heavy (non-hydrogen) atoms. The van der Waals surface area contributed by atoms with E-state index >= 15 is 0 Å². The molecule has 4 bridgehead atoms. The molecule has 0 atom stereocenters. The van der Waals surface area contributed by atoms with Gasteiger partial charge in [-0.05, 0) is 68.4 Å². The highest BCUT2D eigenvalue weighted by atomic mass is 16.3. The third-order valence-electron chi connectivity index (χ3n) is 5.08. The molecule has 80 valence electrons. The van der Waals surface area contributed by atoms with Gasteiger partial charge < -0.3 is 4.42 Å². The summed E-state index contributed by atoms with van der Waals surface area (Å²) in [6.45, 7) is 0. The first kappa shape index (κ1) is 8.43. The van der Waals surface area contributed by atoms with E-state index in [4.69, 9.17) is 4.42 Å². The van der Waals surface area contributed by atoms with Gasteiger partial charge >= 0.3 is 0 Å². The van der Waals surface area contributed by atoms with Crippen molar-refractivity contribution < 1.29 is 4.42 Å². The third-order valence-corrected chi connectivity index (χ3v) is 5.08. The van der Waals surface area contributed by atoms with Crippen LogP contribution in [-0.4, -0.2) is 0 Å². The van der Waals surface area contributed by atoms with E-state index in [1.54, 1.807) is 0 Å². The van der Waals surface area contributed by atoms with Crippen molar-refractivity contribution in [2.24, 2.45) is 17.8 Å². The molecule has 1 aromatic rings. The largest absolute Gasteiger partial charge is 0.469 e. The fourth-order valence-corrected chi connectivity index (χ4v) is 4.99. The average Bonchev–Trinajstić information content (AvgIpc) is 2.67. The molecule has 4 fully saturated rings. The van der Waals surface area contributed by atoms with Crippen LogP contribution in [0.4, 0.5) is 0 Å². The summed E-state index contributed by atoms with van der Waals surface area (Å²) in [7, 11) is 0. The highest BCUT2D eigenvalue weighted by molar-refractivity contribution is 5.20. The van der Waals surface area contributed by atoms with Crippen molar-refractivity contribution in [2.45, 2.75) is 43.9 Å². The molecule has 0 unspecified atom stereocenters. The molecule has 0 N–H and O–H groups in total. The maximum atomic E-state index is 5.72. The molecule has 1 nitrogen and oxygen atoms in total. The molecule has 0 saturated heterocycles. The smallest absolute Gasteiger partial charge is 0.109 e. The van der Waals surface area contributed by atoms with Crippen LogP contribution >= 0.6 is 0 Å². The van der Waals surface area contributed by atoms with Crippen LogP contribution in [-0.2, 0) is 5.41 Å². The van der Waals surface area contributed by atoms with E-state index in [1.807, 2.05) is 6.26 Å². The molecule has 1 heteroatoms. The van der Waals surface area contributed by atoms with Crippen molar-refractivity contribution in [3.63, 3.8) is 0 Å². The lowest BCUT2D eigenvalue weighted by molar-refractivity contribution is -0.0151. The van der Waals surface area contributed by atoms with Gasteiger partial charge in [0.25, 0.3) is 0 Å². The molecule has 0 aromatic carbocycles. The molecule has 0 amide bonds. The Hall–Kier alpha value is -0.720. The second-order valence-corrected chi connectivity index (χ2v) is 6.18.